The number of unbranched alkanes of at least 4 members (excludes halogenated alkanes) is 26. The molecule has 0 saturated carbocycles. The molecule has 0 aliphatic heterocycles. The van der Waals surface area contributed by atoms with Crippen LogP contribution in [-0.2, 0) is 4.74 Å². The molecule has 1 heteroatoms. The predicted octanol–water partition coefficient (Wildman–Crippen LogP) is 20.5. The molecule has 1 nitrogen and oxygen atoms in total. The molecule has 0 bridgehead atoms. The van der Waals surface area contributed by atoms with Gasteiger partial charge in [-0.05, 0) is 12.8 Å². The van der Waals surface area contributed by atoms with E-state index in [1.807, 2.05) is 0 Å². The fraction of sp³-hybridized carbons (Fsp3) is 1.00. The summed E-state index contributed by atoms with van der Waals surface area (Å²) in [5, 5.41) is 0. The average molecular weight is 731 g/mol. The molecule has 0 aromatic carbocycles. The molecule has 0 N–H and O–H groups in total. The number of rotatable bonds is 30. The number of hydrogen-bond acceptors (Lipinski definition) is 1. The summed E-state index contributed by atoms with van der Waals surface area (Å²) in [7, 11) is 0. The second-order valence-corrected chi connectivity index (χ2v) is 14.7. The van der Waals surface area contributed by atoms with E-state index >= 15 is 0 Å². The Labute approximate surface area is 332 Å². The molecule has 0 spiro atoms. The van der Waals surface area contributed by atoms with Crippen LogP contribution in [0.2, 0.25) is 0 Å². The molecule has 0 radical (unpaired) electrons. The Morgan fingerprint density at radius 3 is 0.373 bits per heavy atom. The van der Waals surface area contributed by atoms with Crippen molar-refractivity contribution >= 4 is 0 Å². The molecular formula is C50H114O. The number of hydrogen-bond donors (Lipinski definition) is 0. The third-order valence-electron chi connectivity index (χ3n) is 8.53. The van der Waals surface area contributed by atoms with Crippen molar-refractivity contribution in [1.82, 2.24) is 0 Å². The van der Waals surface area contributed by atoms with Crippen molar-refractivity contribution in [2.75, 3.05) is 13.2 Å². The summed E-state index contributed by atoms with van der Waals surface area (Å²) in [6.07, 6.45) is 47.0. The first-order valence-electron chi connectivity index (χ1n) is 24.5. The normalized spacial score (nSPS) is 9.53. The molecule has 0 saturated heterocycles. The van der Waals surface area contributed by atoms with Crippen LogP contribution in [0.15, 0.2) is 0 Å². The summed E-state index contributed by atoms with van der Waals surface area (Å²) in [6.45, 7) is 33.2. The largest absolute Gasteiger partial charge is 0.381 e. The summed E-state index contributed by atoms with van der Waals surface area (Å²) >= 11 is 0. The summed E-state index contributed by atoms with van der Waals surface area (Å²) in [5.74, 6) is 0. The zero-order valence-electron chi connectivity index (χ0n) is 39.9. The van der Waals surface area contributed by atoms with Crippen LogP contribution in [0.25, 0.3) is 0 Å². The van der Waals surface area contributed by atoms with Crippen LogP contribution >= 0.6 is 0 Å². The van der Waals surface area contributed by atoms with Gasteiger partial charge in [0, 0.05) is 13.2 Å². The van der Waals surface area contributed by atoms with Crippen LogP contribution in [0.3, 0.4) is 0 Å². The highest BCUT2D eigenvalue weighted by Crippen LogP contribution is 2.03. The summed E-state index contributed by atoms with van der Waals surface area (Å²) < 4.78 is 5.31. The van der Waals surface area contributed by atoms with Crippen LogP contribution in [0.5, 0.6) is 0 Å². The standard InChI is InChI=1S/C8H18O.6C7H16/c1-3-5-7-9-8-6-4-2;6*1-3-5-7-6-4-2/h3-8H2,1-2H3;6*3-7H2,1-2H3. The van der Waals surface area contributed by atoms with Crippen LogP contribution in [0.1, 0.15) is 315 Å². The lowest BCUT2D eigenvalue weighted by molar-refractivity contribution is 0.128. The molecule has 0 heterocycles. The molecule has 0 unspecified atom stereocenters. The maximum absolute atomic E-state index is 5.31. The van der Waals surface area contributed by atoms with E-state index in [2.05, 4.69) is 96.9 Å². The molecule has 0 atom stereocenters. The van der Waals surface area contributed by atoms with Gasteiger partial charge in [0.1, 0.15) is 0 Å². The van der Waals surface area contributed by atoms with Crippen molar-refractivity contribution < 1.29 is 4.74 Å². The second kappa shape index (κ2) is 87.7. The van der Waals surface area contributed by atoms with Gasteiger partial charge in [-0.3, -0.25) is 0 Å². The van der Waals surface area contributed by atoms with E-state index in [0.29, 0.717) is 0 Å². The molecule has 0 amide bonds. The van der Waals surface area contributed by atoms with E-state index in [1.165, 1.54) is 218 Å². The van der Waals surface area contributed by atoms with Crippen molar-refractivity contribution in [1.29, 1.82) is 0 Å². The Bertz CT molecular complexity index is 285. The van der Waals surface area contributed by atoms with Crippen LogP contribution in [0, 0.1) is 0 Å². The highest BCUT2D eigenvalue weighted by atomic mass is 16.5. The predicted molar refractivity (Wildman–Crippen MR) is 247 cm³/mol. The smallest absolute Gasteiger partial charge is 0.0465 e. The van der Waals surface area contributed by atoms with Crippen molar-refractivity contribution in [3.63, 3.8) is 0 Å². The molecular weight excluding hydrogens is 617 g/mol. The molecule has 0 aliphatic rings. The van der Waals surface area contributed by atoms with Crippen molar-refractivity contribution in [3.05, 3.63) is 0 Å². The zero-order chi connectivity index (χ0) is 40.2. The minimum atomic E-state index is 0.955. The Hall–Kier alpha value is -0.0400. The first-order valence-corrected chi connectivity index (χ1v) is 24.5. The Kier molecular flexibility index (Phi) is 113. The maximum Gasteiger partial charge on any atom is 0.0465 e. The minimum absolute atomic E-state index is 0.955. The third-order valence-corrected chi connectivity index (χ3v) is 8.53. The minimum Gasteiger partial charge on any atom is -0.381 e. The van der Waals surface area contributed by atoms with E-state index in [4.69, 9.17) is 4.74 Å². The first-order chi connectivity index (χ1) is 24.9. The van der Waals surface area contributed by atoms with Crippen LogP contribution in [-0.4, -0.2) is 13.2 Å². The topological polar surface area (TPSA) is 9.23 Å². The quantitative estimate of drug-likeness (QED) is 0.0669. The van der Waals surface area contributed by atoms with Crippen molar-refractivity contribution in [3.8, 4) is 0 Å². The Morgan fingerprint density at radius 1 is 0.157 bits per heavy atom. The summed E-state index contributed by atoms with van der Waals surface area (Å²) in [5.41, 5.74) is 0. The lowest BCUT2D eigenvalue weighted by Gasteiger charge is -1.99. The van der Waals surface area contributed by atoms with Gasteiger partial charge in [-0.2, -0.15) is 0 Å². The Morgan fingerprint density at radius 2 is 0.275 bits per heavy atom. The SMILES string of the molecule is CCCCCCC.CCCCCCC.CCCCCCC.CCCCCCC.CCCCCCC.CCCCCCC.CCCCOCCCC. The van der Waals surface area contributed by atoms with Gasteiger partial charge >= 0.3 is 0 Å². The molecule has 320 valence electrons. The summed E-state index contributed by atoms with van der Waals surface area (Å²) in [6, 6.07) is 0. The summed E-state index contributed by atoms with van der Waals surface area (Å²) in [4.78, 5) is 0. The van der Waals surface area contributed by atoms with Gasteiger partial charge in [-0.25, -0.2) is 0 Å². The van der Waals surface area contributed by atoms with E-state index in [0.717, 1.165) is 13.2 Å². The first kappa shape index (κ1) is 65.8. The molecule has 0 aliphatic carbocycles. The van der Waals surface area contributed by atoms with Gasteiger partial charge < -0.3 is 4.74 Å². The van der Waals surface area contributed by atoms with Gasteiger partial charge in [0.15, 0.2) is 0 Å². The molecule has 51 heavy (non-hydrogen) atoms. The van der Waals surface area contributed by atoms with Crippen molar-refractivity contribution in [2.45, 2.75) is 315 Å². The van der Waals surface area contributed by atoms with E-state index < -0.39 is 0 Å². The molecule has 0 aromatic rings. The maximum atomic E-state index is 5.31. The van der Waals surface area contributed by atoms with Crippen LogP contribution < -0.4 is 0 Å². The van der Waals surface area contributed by atoms with E-state index in [1.54, 1.807) is 0 Å². The Balaban J connectivity index is -0.0000000888. The highest BCUT2D eigenvalue weighted by molar-refractivity contribution is 4.39. The van der Waals surface area contributed by atoms with E-state index in [9.17, 15) is 0 Å². The van der Waals surface area contributed by atoms with E-state index in [-0.39, 0.29) is 0 Å². The van der Waals surface area contributed by atoms with Gasteiger partial charge in [0.25, 0.3) is 0 Å². The monoisotopic (exact) mass is 731 g/mol. The van der Waals surface area contributed by atoms with Crippen molar-refractivity contribution in [2.24, 2.45) is 0 Å². The fourth-order valence-electron chi connectivity index (χ4n) is 4.66. The molecule has 0 rings (SSSR count). The zero-order valence-corrected chi connectivity index (χ0v) is 39.9. The highest BCUT2D eigenvalue weighted by Gasteiger charge is 1.85. The van der Waals surface area contributed by atoms with Gasteiger partial charge in [0.05, 0.1) is 0 Å². The number of ether oxygens (including phenoxy) is 1. The van der Waals surface area contributed by atoms with Crippen LogP contribution in [0.4, 0.5) is 0 Å². The molecule has 0 fully saturated rings. The van der Waals surface area contributed by atoms with Gasteiger partial charge in [0.2, 0.25) is 0 Å². The van der Waals surface area contributed by atoms with Gasteiger partial charge in [-0.1, -0.05) is 302 Å². The lowest BCUT2D eigenvalue weighted by atomic mass is 10.2. The third kappa shape index (κ3) is 128. The molecule has 0 aromatic heterocycles. The second-order valence-electron chi connectivity index (χ2n) is 14.7. The lowest BCUT2D eigenvalue weighted by Crippen LogP contribution is -1.95. The average Bonchev–Trinajstić information content (AvgIpc) is 3.15. The fourth-order valence-corrected chi connectivity index (χ4v) is 4.66. The van der Waals surface area contributed by atoms with Gasteiger partial charge in [-0.15, -0.1) is 0 Å².